The van der Waals surface area contributed by atoms with Gasteiger partial charge in [-0.1, -0.05) is 0 Å². The highest BCUT2D eigenvalue weighted by atomic mass is 32.2. The summed E-state index contributed by atoms with van der Waals surface area (Å²) in [4.78, 5) is 18.6. The number of thioether (sulfide) groups is 1. The van der Waals surface area contributed by atoms with Gasteiger partial charge >= 0.3 is 6.15 Å². The van der Waals surface area contributed by atoms with Crippen LogP contribution in [0.2, 0.25) is 0 Å². The van der Waals surface area contributed by atoms with Crippen molar-refractivity contribution in [2.75, 3.05) is 31.6 Å². The zero-order valence-corrected chi connectivity index (χ0v) is 6.82. The Balaban J connectivity index is 0.000000236. The zero-order chi connectivity index (χ0) is 7.82. The maximum Gasteiger partial charge on any atom is 0.373 e. The fourth-order valence-corrected chi connectivity index (χ4v) is 1.74. The van der Waals surface area contributed by atoms with Gasteiger partial charge in [-0.25, -0.2) is 0 Å². The van der Waals surface area contributed by atoms with E-state index in [0.717, 1.165) is 0 Å². The van der Waals surface area contributed by atoms with Crippen molar-refractivity contribution in [1.29, 1.82) is 0 Å². The molecule has 1 saturated heterocycles. The monoisotopic (exact) mass is 161 g/mol. The molecule has 0 atom stereocenters. The fraction of sp³-hybridized carbons (Fsp3) is 0.833. The van der Waals surface area contributed by atoms with Gasteiger partial charge in [0.25, 0.3) is 0 Å². The van der Waals surface area contributed by atoms with E-state index in [0.29, 0.717) is 0 Å². The van der Waals surface area contributed by atoms with Crippen LogP contribution in [-0.4, -0.2) is 42.7 Å². The van der Waals surface area contributed by atoms with E-state index in [1.165, 1.54) is 24.6 Å². The zero-order valence-electron chi connectivity index (χ0n) is 6.00. The first-order valence-electron chi connectivity index (χ1n) is 3.07. The molecular weight excluding hydrogens is 150 g/mol. The van der Waals surface area contributed by atoms with Gasteiger partial charge in [-0.15, -0.1) is 0 Å². The van der Waals surface area contributed by atoms with E-state index in [-0.39, 0.29) is 6.15 Å². The molecule has 0 bridgehead atoms. The predicted octanol–water partition coefficient (Wildman–Crippen LogP) is 0.0815. The molecule has 0 N–H and O–H groups in total. The summed E-state index contributed by atoms with van der Waals surface area (Å²) in [7, 11) is 2.18. The molecule has 1 heterocycles. The van der Waals surface area contributed by atoms with Crippen molar-refractivity contribution in [1.82, 2.24) is 4.90 Å². The Morgan fingerprint density at radius 3 is 1.90 bits per heavy atom. The van der Waals surface area contributed by atoms with Gasteiger partial charge in [-0.3, -0.25) is 0 Å². The van der Waals surface area contributed by atoms with Gasteiger partial charge < -0.3 is 4.90 Å². The van der Waals surface area contributed by atoms with Crippen LogP contribution in [0.15, 0.2) is 0 Å². The smallest absolute Gasteiger partial charge is 0.305 e. The molecule has 0 aromatic carbocycles. The van der Waals surface area contributed by atoms with Gasteiger partial charge in [-0.05, 0) is 7.05 Å². The molecule has 1 rings (SSSR count). The SMILES string of the molecule is CN1CCSCC1.O=C=O. The summed E-state index contributed by atoms with van der Waals surface area (Å²) in [6.45, 7) is 2.56. The lowest BCUT2D eigenvalue weighted by Crippen LogP contribution is -2.28. The summed E-state index contributed by atoms with van der Waals surface area (Å²) in [5, 5.41) is 0. The molecule has 0 aromatic heterocycles. The Bertz CT molecular complexity index is 106. The molecule has 1 aliphatic heterocycles. The molecule has 1 aliphatic rings. The second kappa shape index (κ2) is 6.81. The number of carbonyl (C=O) groups excluding carboxylic acids is 2. The lowest BCUT2D eigenvalue weighted by Gasteiger charge is -2.20. The van der Waals surface area contributed by atoms with E-state index < -0.39 is 0 Å². The minimum atomic E-state index is 0.250. The summed E-state index contributed by atoms with van der Waals surface area (Å²) in [6.07, 6.45) is 0.250. The average Bonchev–Trinajstić information content (AvgIpc) is 1.91. The van der Waals surface area contributed by atoms with E-state index in [2.05, 4.69) is 23.7 Å². The van der Waals surface area contributed by atoms with Crippen molar-refractivity contribution < 1.29 is 9.59 Å². The molecule has 0 aliphatic carbocycles. The van der Waals surface area contributed by atoms with Crippen LogP contribution in [0.5, 0.6) is 0 Å². The lowest BCUT2D eigenvalue weighted by atomic mass is 10.6. The Kier molecular flexibility index (Phi) is 6.59. The standard InChI is InChI=1S/C5H11NS.CO2/c1-6-2-4-7-5-3-6;2-1-3/h2-5H2,1H3;. The van der Waals surface area contributed by atoms with Gasteiger partial charge in [0.15, 0.2) is 0 Å². The van der Waals surface area contributed by atoms with Crippen molar-refractivity contribution >= 4 is 17.9 Å². The second-order valence-electron chi connectivity index (χ2n) is 2.00. The molecule has 0 saturated carbocycles. The second-order valence-corrected chi connectivity index (χ2v) is 3.22. The molecule has 0 spiro atoms. The molecule has 0 radical (unpaired) electrons. The summed E-state index contributed by atoms with van der Waals surface area (Å²) < 4.78 is 0. The number of hydrogen-bond donors (Lipinski definition) is 0. The maximum absolute atomic E-state index is 8.12. The third-order valence-corrected chi connectivity index (χ3v) is 2.18. The fourth-order valence-electron chi connectivity index (χ4n) is 0.655. The van der Waals surface area contributed by atoms with Crippen LogP contribution in [-0.2, 0) is 9.59 Å². The van der Waals surface area contributed by atoms with Crippen LogP contribution in [0.4, 0.5) is 0 Å². The Morgan fingerprint density at radius 1 is 1.30 bits per heavy atom. The summed E-state index contributed by atoms with van der Waals surface area (Å²) in [5.41, 5.74) is 0. The van der Waals surface area contributed by atoms with E-state index in [1.54, 1.807) is 0 Å². The van der Waals surface area contributed by atoms with Crippen molar-refractivity contribution in [3.63, 3.8) is 0 Å². The summed E-state index contributed by atoms with van der Waals surface area (Å²) in [5.74, 6) is 2.66. The van der Waals surface area contributed by atoms with E-state index >= 15 is 0 Å². The molecule has 0 unspecified atom stereocenters. The van der Waals surface area contributed by atoms with Crippen molar-refractivity contribution in [2.24, 2.45) is 0 Å². The van der Waals surface area contributed by atoms with Gasteiger partial charge in [0.2, 0.25) is 0 Å². The molecule has 3 nitrogen and oxygen atoms in total. The summed E-state index contributed by atoms with van der Waals surface area (Å²) >= 11 is 2.06. The van der Waals surface area contributed by atoms with Gasteiger partial charge in [-0.2, -0.15) is 21.4 Å². The molecule has 58 valence electrons. The molecular formula is C6H11NO2S. The third kappa shape index (κ3) is 5.82. The first kappa shape index (κ1) is 9.69. The first-order valence-corrected chi connectivity index (χ1v) is 4.22. The number of nitrogens with zero attached hydrogens (tertiary/aromatic N) is 1. The quantitative estimate of drug-likeness (QED) is 0.504. The number of hydrogen-bond acceptors (Lipinski definition) is 4. The van der Waals surface area contributed by atoms with Crippen LogP contribution in [0.3, 0.4) is 0 Å². The third-order valence-electron chi connectivity index (χ3n) is 1.23. The summed E-state index contributed by atoms with van der Waals surface area (Å²) in [6, 6.07) is 0. The van der Waals surface area contributed by atoms with Crippen LogP contribution in [0.1, 0.15) is 0 Å². The van der Waals surface area contributed by atoms with Crippen molar-refractivity contribution in [3.05, 3.63) is 0 Å². The highest BCUT2D eigenvalue weighted by molar-refractivity contribution is 7.99. The van der Waals surface area contributed by atoms with E-state index in [4.69, 9.17) is 9.59 Å². The maximum atomic E-state index is 8.12. The molecule has 4 heteroatoms. The van der Waals surface area contributed by atoms with Crippen LogP contribution >= 0.6 is 11.8 Å². The Morgan fingerprint density at radius 2 is 1.70 bits per heavy atom. The predicted molar refractivity (Wildman–Crippen MR) is 39.8 cm³/mol. The van der Waals surface area contributed by atoms with Crippen molar-refractivity contribution in [2.45, 2.75) is 0 Å². The van der Waals surface area contributed by atoms with Gasteiger partial charge in [0.05, 0.1) is 0 Å². The highest BCUT2D eigenvalue weighted by Gasteiger charge is 2.02. The molecule has 0 amide bonds. The van der Waals surface area contributed by atoms with Gasteiger partial charge in [0.1, 0.15) is 0 Å². The van der Waals surface area contributed by atoms with E-state index in [9.17, 15) is 0 Å². The average molecular weight is 161 g/mol. The van der Waals surface area contributed by atoms with E-state index in [1.807, 2.05) is 0 Å². The topological polar surface area (TPSA) is 37.4 Å². The van der Waals surface area contributed by atoms with Crippen LogP contribution in [0.25, 0.3) is 0 Å². The van der Waals surface area contributed by atoms with Crippen LogP contribution in [0, 0.1) is 0 Å². The molecule has 1 fully saturated rings. The van der Waals surface area contributed by atoms with Crippen molar-refractivity contribution in [3.8, 4) is 0 Å². The Hall–Kier alpha value is -0.310. The van der Waals surface area contributed by atoms with Gasteiger partial charge in [0, 0.05) is 24.6 Å². The minimum Gasteiger partial charge on any atom is -0.305 e. The highest BCUT2D eigenvalue weighted by Crippen LogP contribution is 2.05. The minimum absolute atomic E-state index is 0.250. The normalized spacial score (nSPS) is 18.5. The molecule has 0 aromatic rings. The Labute approximate surface area is 64.8 Å². The van der Waals surface area contributed by atoms with Crippen LogP contribution < -0.4 is 0 Å². The largest absolute Gasteiger partial charge is 0.373 e. The number of rotatable bonds is 0. The first-order chi connectivity index (χ1) is 4.81. The lowest BCUT2D eigenvalue weighted by molar-refractivity contribution is -0.191. The molecule has 10 heavy (non-hydrogen) atoms.